The van der Waals surface area contributed by atoms with Gasteiger partial charge in [-0.05, 0) is 37.4 Å². The van der Waals surface area contributed by atoms with Crippen molar-refractivity contribution in [3.05, 3.63) is 29.6 Å². The lowest BCUT2D eigenvalue weighted by molar-refractivity contribution is 0.533. The fraction of sp³-hybridized carbons (Fsp3) is 0.583. The van der Waals surface area contributed by atoms with Crippen LogP contribution in [0.3, 0.4) is 0 Å². The summed E-state index contributed by atoms with van der Waals surface area (Å²) in [7, 11) is 0. The third kappa shape index (κ3) is 2.32. The smallest absolute Gasteiger partial charge is 0.0335 e. The summed E-state index contributed by atoms with van der Waals surface area (Å²) < 4.78 is 0. The Balaban J connectivity index is 2.12. The Morgan fingerprint density at radius 2 is 2.21 bits per heavy atom. The van der Waals surface area contributed by atoms with Gasteiger partial charge in [-0.2, -0.15) is 0 Å². The molecule has 2 heteroatoms. The second kappa shape index (κ2) is 4.56. The van der Waals surface area contributed by atoms with Gasteiger partial charge in [0.25, 0.3) is 0 Å². The van der Waals surface area contributed by atoms with Crippen molar-refractivity contribution in [2.75, 3.05) is 6.54 Å². The molecule has 0 aromatic carbocycles. The van der Waals surface area contributed by atoms with E-state index < -0.39 is 0 Å². The Bertz CT molecular complexity index is 288. The monoisotopic (exact) mass is 190 g/mol. The van der Waals surface area contributed by atoms with Crippen molar-refractivity contribution in [1.29, 1.82) is 0 Å². The number of nitrogens with zero attached hydrogens (tertiary/aromatic N) is 1. The van der Waals surface area contributed by atoms with Crippen molar-refractivity contribution in [3.8, 4) is 0 Å². The van der Waals surface area contributed by atoms with Crippen LogP contribution in [0.1, 0.15) is 42.9 Å². The summed E-state index contributed by atoms with van der Waals surface area (Å²) >= 11 is 0. The SMILES string of the molecule is Cc1cncc(C2CCCCCN2)c1. The van der Waals surface area contributed by atoms with Crippen LogP contribution in [0.5, 0.6) is 0 Å². The lowest BCUT2D eigenvalue weighted by Gasteiger charge is -2.15. The number of nitrogens with one attached hydrogen (secondary N) is 1. The molecule has 1 saturated heterocycles. The molecule has 0 bridgehead atoms. The lowest BCUT2D eigenvalue weighted by Crippen LogP contribution is -2.20. The van der Waals surface area contributed by atoms with Crippen molar-refractivity contribution in [2.45, 2.75) is 38.6 Å². The molecule has 1 unspecified atom stereocenters. The molecule has 1 atom stereocenters. The van der Waals surface area contributed by atoms with Crippen LogP contribution in [0.2, 0.25) is 0 Å². The molecule has 0 amide bonds. The van der Waals surface area contributed by atoms with E-state index >= 15 is 0 Å². The van der Waals surface area contributed by atoms with Gasteiger partial charge in [-0.15, -0.1) is 0 Å². The second-order valence-corrected chi connectivity index (χ2v) is 4.15. The Kier molecular flexibility index (Phi) is 3.14. The molecule has 1 aliphatic rings. The highest BCUT2D eigenvalue weighted by Crippen LogP contribution is 2.22. The van der Waals surface area contributed by atoms with Gasteiger partial charge in [-0.1, -0.05) is 18.9 Å². The van der Waals surface area contributed by atoms with Crippen LogP contribution in [-0.4, -0.2) is 11.5 Å². The number of hydrogen-bond donors (Lipinski definition) is 1. The highest BCUT2D eigenvalue weighted by Gasteiger charge is 2.13. The quantitative estimate of drug-likeness (QED) is 0.736. The topological polar surface area (TPSA) is 24.9 Å². The third-order valence-corrected chi connectivity index (χ3v) is 2.86. The van der Waals surface area contributed by atoms with E-state index in [2.05, 4.69) is 23.3 Å². The van der Waals surface area contributed by atoms with Gasteiger partial charge in [0.05, 0.1) is 0 Å². The van der Waals surface area contributed by atoms with Crippen molar-refractivity contribution < 1.29 is 0 Å². The molecule has 1 N–H and O–H groups in total. The molecule has 2 heterocycles. The first-order valence-electron chi connectivity index (χ1n) is 5.51. The minimum Gasteiger partial charge on any atom is -0.310 e. The number of rotatable bonds is 1. The number of pyridine rings is 1. The summed E-state index contributed by atoms with van der Waals surface area (Å²) in [5.41, 5.74) is 2.61. The van der Waals surface area contributed by atoms with Crippen LogP contribution in [0.15, 0.2) is 18.5 Å². The molecule has 0 radical (unpaired) electrons. The molecular weight excluding hydrogens is 172 g/mol. The highest BCUT2D eigenvalue weighted by molar-refractivity contribution is 5.20. The summed E-state index contributed by atoms with van der Waals surface area (Å²) in [6.07, 6.45) is 9.19. The zero-order chi connectivity index (χ0) is 9.80. The fourth-order valence-corrected chi connectivity index (χ4v) is 2.08. The summed E-state index contributed by atoms with van der Waals surface area (Å²) in [6.45, 7) is 3.26. The summed E-state index contributed by atoms with van der Waals surface area (Å²) in [6, 6.07) is 2.78. The predicted molar refractivity (Wildman–Crippen MR) is 58.2 cm³/mol. The molecule has 1 aromatic heterocycles. The van der Waals surface area contributed by atoms with E-state index in [0.717, 1.165) is 6.54 Å². The van der Waals surface area contributed by atoms with Crippen LogP contribution in [0, 0.1) is 6.92 Å². The molecule has 1 aliphatic heterocycles. The van der Waals surface area contributed by atoms with Crippen molar-refractivity contribution in [3.63, 3.8) is 0 Å². The summed E-state index contributed by atoms with van der Waals surface area (Å²) in [5, 5.41) is 3.59. The molecule has 0 spiro atoms. The van der Waals surface area contributed by atoms with E-state index in [-0.39, 0.29) is 0 Å². The highest BCUT2D eigenvalue weighted by atomic mass is 14.9. The van der Waals surface area contributed by atoms with Crippen LogP contribution >= 0.6 is 0 Å². The molecule has 0 aliphatic carbocycles. The van der Waals surface area contributed by atoms with Gasteiger partial charge in [0.2, 0.25) is 0 Å². The molecule has 2 nitrogen and oxygen atoms in total. The predicted octanol–water partition coefficient (Wildman–Crippen LogP) is 2.59. The minimum atomic E-state index is 0.532. The van der Waals surface area contributed by atoms with E-state index in [1.54, 1.807) is 0 Å². The molecular formula is C12H18N2. The number of aromatic nitrogens is 1. The standard InChI is InChI=1S/C12H18N2/c1-10-7-11(9-13-8-10)12-5-3-2-4-6-14-12/h7-9,12,14H,2-6H2,1H3. The first-order valence-corrected chi connectivity index (χ1v) is 5.51. The average Bonchev–Trinajstić information content (AvgIpc) is 2.45. The third-order valence-electron chi connectivity index (χ3n) is 2.86. The molecule has 76 valence electrons. The van der Waals surface area contributed by atoms with Gasteiger partial charge in [0.1, 0.15) is 0 Å². The summed E-state index contributed by atoms with van der Waals surface area (Å²) in [5.74, 6) is 0. The lowest BCUT2D eigenvalue weighted by atomic mass is 10.0. The largest absolute Gasteiger partial charge is 0.310 e. The van der Waals surface area contributed by atoms with E-state index in [4.69, 9.17) is 0 Å². The van der Waals surface area contributed by atoms with Crippen LogP contribution in [-0.2, 0) is 0 Å². The van der Waals surface area contributed by atoms with Gasteiger partial charge >= 0.3 is 0 Å². The van der Waals surface area contributed by atoms with Gasteiger partial charge in [0, 0.05) is 18.4 Å². The minimum absolute atomic E-state index is 0.532. The van der Waals surface area contributed by atoms with E-state index in [0.29, 0.717) is 6.04 Å². The number of hydrogen-bond acceptors (Lipinski definition) is 2. The average molecular weight is 190 g/mol. The zero-order valence-electron chi connectivity index (χ0n) is 8.79. The Morgan fingerprint density at radius 1 is 1.29 bits per heavy atom. The van der Waals surface area contributed by atoms with Gasteiger partial charge in [0.15, 0.2) is 0 Å². The fourth-order valence-electron chi connectivity index (χ4n) is 2.08. The first-order chi connectivity index (χ1) is 6.86. The van der Waals surface area contributed by atoms with E-state index in [1.165, 1.54) is 36.8 Å². The van der Waals surface area contributed by atoms with Crippen LogP contribution in [0.25, 0.3) is 0 Å². The van der Waals surface area contributed by atoms with Gasteiger partial charge in [-0.3, -0.25) is 4.98 Å². The zero-order valence-corrected chi connectivity index (χ0v) is 8.79. The Morgan fingerprint density at radius 3 is 3.07 bits per heavy atom. The van der Waals surface area contributed by atoms with Crippen molar-refractivity contribution in [2.24, 2.45) is 0 Å². The first kappa shape index (κ1) is 9.66. The molecule has 1 aromatic rings. The maximum Gasteiger partial charge on any atom is 0.0335 e. The van der Waals surface area contributed by atoms with Crippen LogP contribution < -0.4 is 5.32 Å². The van der Waals surface area contributed by atoms with Crippen molar-refractivity contribution in [1.82, 2.24) is 10.3 Å². The Labute approximate surface area is 85.7 Å². The maximum atomic E-state index is 4.25. The van der Waals surface area contributed by atoms with Gasteiger partial charge < -0.3 is 5.32 Å². The molecule has 0 saturated carbocycles. The normalized spacial score (nSPS) is 23.1. The van der Waals surface area contributed by atoms with Crippen molar-refractivity contribution >= 4 is 0 Å². The van der Waals surface area contributed by atoms with E-state index in [9.17, 15) is 0 Å². The molecule has 2 rings (SSSR count). The van der Waals surface area contributed by atoms with Crippen LogP contribution in [0.4, 0.5) is 0 Å². The molecule has 1 fully saturated rings. The molecule has 14 heavy (non-hydrogen) atoms. The maximum absolute atomic E-state index is 4.25. The second-order valence-electron chi connectivity index (χ2n) is 4.15. The summed E-state index contributed by atoms with van der Waals surface area (Å²) in [4.78, 5) is 4.25. The number of aryl methyl sites for hydroxylation is 1. The Hall–Kier alpha value is -0.890. The van der Waals surface area contributed by atoms with Gasteiger partial charge in [-0.25, -0.2) is 0 Å². The van der Waals surface area contributed by atoms with E-state index in [1.807, 2.05) is 12.4 Å².